The zero-order valence-electron chi connectivity index (χ0n) is 28.0. The third-order valence-corrected chi connectivity index (χ3v) is 8.60. The number of rotatable bonds is 9. The van der Waals surface area contributed by atoms with Gasteiger partial charge in [-0.3, -0.25) is 14.3 Å². The summed E-state index contributed by atoms with van der Waals surface area (Å²) in [6, 6.07) is 22.5. The van der Waals surface area contributed by atoms with E-state index in [0.717, 1.165) is 28.4 Å². The van der Waals surface area contributed by atoms with E-state index in [0.29, 0.717) is 11.1 Å². The Labute approximate surface area is 288 Å². The number of aromatic amines is 1. The highest BCUT2D eigenvalue weighted by molar-refractivity contribution is 6.05. The van der Waals surface area contributed by atoms with E-state index in [1.165, 1.54) is 59.7 Å². The summed E-state index contributed by atoms with van der Waals surface area (Å²) in [7, 11) is 1.93. The van der Waals surface area contributed by atoms with Crippen molar-refractivity contribution >= 4 is 38.5 Å². The van der Waals surface area contributed by atoms with Crippen LogP contribution in [0, 0.1) is 5.82 Å². The number of hydrogen-bond acceptors (Lipinski definition) is 6. The number of allylic oxidation sites excluding steroid dienone is 1. The monoisotopic (exact) mass is 674 g/mol. The van der Waals surface area contributed by atoms with Gasteiger partial charge in [-0.05, 0) is 55.1 Å². The first kappa shape index (κ1) is 34.3. The molecule has 256 valence electrons. The number of nitrogens with one attached hydrogen (secondary N) is 3. The topological polar surface area (TPSA) is 101 Å². The molecule has 1 unspecified atom stereocenters. The predicted molar refractivity (Wildman–Crippen MR) is 197 cm³/mol. The molecule has 1 aliphatic carbocycles. The second-order valence-electron chi connectivity index (χ2n) is 12.1. The molecule has 8 rings (SSSR count). The lowest BCUT2D eigenvalue weighted by Gasteiger charge is -2.19. The lowest BCUT2D eigenvalue weighted by molar-refractivity contribution is 0.452. The quantitative estimate of drug-likeness (QED) is 0.132. The van der Waals surface area contributed by atoms with Crippen molar-refractivity contribution in [2.45, 2.75) is 44.8 Å². The Morgan fingerprint density at radius 3 is 2.46 bits per heavy atom. The van der Waals surface area contributed by atoms with Crippen LogP contribution < -0.4 is 16.2 Å². The fourth-order valence-electron chi connectivity index (χ4n) is 5.67. The Balaban J connectivity index is 0.000000220. The molecule has 1 fully saturated rings. The van der Waals surface area contributed by atoms with Gasteiger partial charge in [-0.25, -0.2) is 13.8 Å². The number of halogens is 2. The Bertz CT molecular complexity index is 2230. The van der Waals surface area contributed by atoms with Gasteiger partial charge < -0.3 is 20.0 Å². The number of hydrogen-bond donors (Lipinski definition) is 3. The molecule has 3 N–H and O–H groups in total. The number of para-hydroxylation sites is 1. The van der Waals surface area contributed by atoms with Gasteiger partial charge in [0, 0.05) is 52.9 Å². The van der Waals surface area contributed by atoms with Gasteiger partial charge >= 0.3 is 0 Å². The number of furan rings is 1. The van der Waals surface area contributed by atoms with Crippen molar-refractivity contribution in [3.8, 4) is 11.4 Å². The number of aromatic nitrogens is 4. The number of pyridine rings is 1. The lowest BCUT2D eigenvalue weighted by atomic mass is 10.0. The maximum Gasteiger partial charge on any atom is 0.277 e. The van der Waals surface area contributed by atoms with E-state index in [4.69, 9.17) is 4.42 Å². The van der Waals surface area contributed by atoms with Crippen LogP contribution in [0.15, 0.2) is 119 Å². The molecule has 4 aromatic heterocycles. The van der Waals surface area contributed by atoms with Crippen molar-refractivity contribution in [3.05, 3.63) is 138 Å². The van der Waals surface area contributed by atoms with Gasteiger partial charge in [-0.2, -0.15) is 0 Å². The Morgan fingerprint density at radius 2 is 1.74 bits per heavy atom. The van der Waals surface area contributed by atoms with E-state index in [9.17, 15) is 13.6 Å². The molecule has 7 aromatic rings. The van der Waals surface area contributed by atoms with Crippen molar-refractivity contribution in [2.24, 2.45) is 0 Å². The van der Waals surface area contributed by atoms with E-state index in [1.54, 1.807) is 36.5 Å². The third kappa shape index (κ3) is 7.66. The van der Waals surface area contributed by atoms with Gasteiger partial charge in [-0.15, -0.1) is 6.58 Å². The Hall–Kier alpha value is -5.61. The molecular weight excluding hydrogens is 634 g/mol. The average Bonchev–Trinajstić information content (AvgIpc) is 3.69. The maximum atomic E-state index is 14.4. The molecule has 3 aromatic carbocycles. The van der Waals surface area contributed by atoms with Crippen molar-refractivity contribution in [1.82, 2.24) is 24.8 Å². The van der Waals surface area contributed by atoms with E-state index in [-0.39, 0.29) is 23.6 Å². The summed E-state index contributed by atoms with van der Waals surface area (Å²) in [5.41, 5.74) is 4.33. The molecule has 0 aliphatic heterocycles. The number of fused-ring (bicyclic) bond motifs is 4. The SMILES string of the molecule is C1CCC1.C=CCn1c(-c2ccccc2F)ncc(NC(CF)c2ccc3oc4ccccc4c3c2)c1=O.CNCc1cc2cnccc2[nH]1. The van der Waals surface area contributed by atoms with Crippen LogP contribution in [-0.2, 0) is 13.1 Å². The van der Waals surface area contributed by atoms with Crippen LogP contribution in [0.3, 0.4) is 0 Å². The third-order valence-electron chi connectivity index (χ3n) is 8.60. The first-order valence-corrected chi connectivity index (χ1v) is 16.8. The van der Waals surface area contributed by atoms with Crippen LogP contribution in [0.2, 0.25) is 0 Å². The van der Waals surface area contributed by atoms with Crippen LogP contribution in [0.5, 0.6) is 0 Å². The van der Waals surface area contributed by atoms with Gasteiger partial charge in [0.2, 0.25) is 0 Å². The fraction of sp³-hybridized carbons (Fsp3) is 0.225. The molecule has 0 spiro atoms. The van der Waals surface area contributed by atoms with Gasteiger partial charge in [0.1, 0.15) is 35.2 Å². The van der Waals surface area contributed by atoms with E-state index in [1.807, 2.05) is 49.6 Å². The first-order chi connectivity index (χ1) is 24.5. The summed E-state index contributed by atoms with van der Waals surface area (Å²) in [6.07, 6.45) is 12.5. The first-order valence-electron chi connectivity index (χ1n) is 16.8. The zero-order valence-corrected chi connectivity index (χ0v) is 28.0. The molecule has 50 heavy (non-hydrogen) atoms. The molecule has 10 heteroatoms. The zero-order chi connectivity index (χ0) is 34.9. The number of anilines is 1. The largest absolute Gasteiger partial charge is 0.456 e. The summed E-state index contributed by atoms with van der Waals surface area (Å²) < 4.78 is 35.7. The minimum atomic E-state index is -0.788. The van der Waals surface area contributed by atoms with Crippen LogP contribution in [0.1, 0.15) is 43.0 Å². The normalized spacial score (nSPS) is 12.8. The summed E-state index contributed by atoms with van der Waals surface area (Å²) in [6.45, 7) is 3.93. The molecule has 8 nitrogen and oxygen atoms in total. The fourth-order valence-corrected chi connectivity index (χ4v) is 5.67. The molecule has 0 radical (unpaired) electrons. The smallest absolute Gasteiger partial charge is 0.277 e. The van der Waals surface area contributed by atoms with Gasteiger partial charge in [0.05, 0.1) is 17.8 Å². The second kappa shape index (κ2) is 16.2. The minimum absolute atomic E-state index is 0.113. The van der Waals surface area contributed by atoms with Crippen LogP contribution >= 0.6 is 0 Å². The number of alkyl halides is 1. The predicted octanol–water partition coefficient (Wildman–Crippen LogP) is 9.10. The number of H-pyrrole nitrogens is 1. The second-order valence-corrected chi connectivity index (χ2v) is 12.1. The summed E-state index contributed by atoms with van der Waals surface area (Å²) in [5, 5.41) is 9.04. The van der Waals surface area contributed by atoms with Crippen molar-refractivity contribution < 1.29 is 13.2 Å². The molecule has 1 aliphatic rings. The molecule has 1 atom stereocenters. The van der Waals surface area contributed by atoms with Crippen molar-refractivity contribution in [2.75, 3.05) is 19.0 Å². The Kier molecular flexibility index (Phi) is 11.1. The van der Waals surface area contributed by atoms with Crippen LogP contribution in [-0.4, -0.2) is 33.2 Å². The standard InChI is InChI=1S/C27H21F2N3O2.C9H11N3.C4H8/c1-2-13-32-26(19-8-3-5-9-21(19)29)30-16-23(27(32)33)31-22(15-28)17-11-12-25-20(14-17)18-7-4-6-10-24(18)34-25;1-10-6-8-4-7-5-11-3-2-9(7)12-8;1-2-4-3-1/h2-12,14,16,22,31H,1,13,15H2;2-5,10,12H,6H2,1H3;1-4H2. The van der Waals surface area contributed by atoms with Crippen molar-refractivity contribution in [3.63, 3.8) is 0 Å². The highest BCUT2D eigenvalue weighted by Crippen LogP contribution is 2.31. The molecule has 0 bridgehead atoms. The number of benzene rings is 3. The van der Waals surface area contributed by atoms with E-state index < -0.39 is 24.1 Å². The number of nitrogens with zero attached hydrogens (tertiary/aromatic N) is 3. The highest BCUT2D eigenvalue weighted by atomic mass is 19.1. The maximum absolute atomic E-state index is 14.4. The van der Waals surface area contributed by atoms with Gasteiger partial charge in [0.25, 0.3) is 5.56 Å². The van der Waals surface area contributed by atoms with Crippen LogP contribution in [0.4, 0.5) is 14.5 Å². The summed E-state index contributed by atoms with van der Waals surface area (Å²) >= 11 is 0. The molecular formula is C40H40F2N6O2. The average molecular weight is 675 g/mol. The minimum Gasteiger partial charge on any atom is -0.456 e. The molecule has 1 saturated carbocycles. The molecule has 0 amide bonds. The van der Waals surface area contributed by atoms with E-state index in [2.05, 4.69) is 38.2 Å². The summed E-state index contributed by atoms with van der Waals surface area (Å²) in [5.74, 6) is -0.313. The van der Waals surface area contributed by atoms with Gasteiger partial charge in [-0.1, -0.05) is 68.2 Å². The highest BCUT2D eigenvalue weighted by Gasteiger charge is 2.19. The molecule has 4 heterocycles. The summed E-state index contributed by atoms with van der Waals surface area (Å²) in [4.78, 5) is 24.9. The van der Waals surface area contributed by atoms with Gasteiger partial charge in [0.15, 0.2) is 0 Å². The molecule has 0 saturated heterocycles. The van der Waals surface area contributed by atoms with Crippen molar-refractivity contribution in [1.29, 1.82) is 0 Å². The van der Waals surface area contributed by atoms with Crippen LogP contribution in [0.25, 0.3) is 44.2 Å². The Morgan fingerprint density at radius 1 is 0.980 bits per heavy atom. The van der Waals surface area contributed by atoms with E-state index >= 15 is 0 Å². The lowest BCUT2D eigenvalue weighted by Crippen LogP contribution is -2.27.